The predicted octanol–water partition coefficient (Wildman–Crippen LogP) is 4.77. The second kappa shape index (κ2) is 8.51. The van der Waals surface area contributed by atoms with Crippen LogP contribution in [0.3, 0.4) is 0 Å². The Hall–Kier alpha value is -0.640. The summed E-state index contributed by atoms with van der Waals surface area (Å²) in [5.74, 6) is 0. The molecule has 1 aromatic rings. The van der Waals surface area contributed by atoms with Crippen LogP contribution in [0, 0.1) is 0 Å². The Kier molecular flexibility index (Phi) is 7.36. The molecule has 0 N–H and O–H groups in total. The van der Waals surface area contributed by atoms with E-state index in [1.165, 1.54) is 5.56 Å². The van der Waals surface area contributed by atoms with Crippen LogP contribution in [0.25, 0.3) is 6.08 Å². The van der Waals surface area contributed by atoms with Gasteiger partial charge in [0.05, 0.1) is 13.2 Å². The summed E-state index contributed by atoms with van der Waals surface area (Å²) in [6.07, 6.45) is 5.05. The number of halogens is 1. The van der Waals surface area contributed by atoms with Crippen LogP contribution in [-0.2, 0) is 16.2 Å². The van der Waals surface area contributed by atoms with Crippen LogP contribution in [-0.4, -0.2) is 17.5 Å². The number of benzene rings is 1. The molecule has 0 unspecified atom stereocenters. The first-order chi connectivity index (χ1) is 9.01. The van der Waals surface area contributed by atoms with E-state index in [2.05, 4.69) is 46.8 Å². The minimum atomic E-state index is -0.0279. The third-order valence-corrected chi connectivity index (χ3v) is 2.87. The van der Waals surface area contributed by atoms with Crippen LogP contribution in [0.1, 0.15) is 37.8 Å². The van der Waals surface area contributed by atoms with Gasteiger partial charge in [0.15, 0.2) is 0 Å². The first-order valence-corrected chi connectivity index (χ1v) is 7.45. The summed E-state index contributed by atoms with van der Waals surface area (Å²) in [5.41, 5.74) is 2.52. The molecule has 0 bridgehead atoms. The molecule has 19 heavy (non-hydrogen) atoms. The highest BCUT2D eigenvalue weighted by Crippen LogP contribution is 2.15. The summed E-state index contributed by atoms with van der Waals surface area (Å²) >= 11 is 3.49. The Morgan fingerprint density at radius 1 is 1.16 bits per heavy atom. The number of unbranched alkanes of at least 4 members (excludes halogenated alkanes) is 1. The fourth-order valence-corrected chi connectivity index (χ4v) is 1.64. The Labute approximate surface area is 124 Å². The van der Waals surface area contributed by atoms with Crippen LogP contribution >= 0.6 is 15.9 Å². The van der Waals surface area contributed by atoms with Crippen LogP contribution in [0.4, 0.5) is 0 Å². The molecule has 0 fully saturated rings. The van der Waals surface area contributed by atoms with E-state index in [0.29, 0.717) is 13.2 Å². The van der Waals surface area contributed by atoms with Gasteiger partial charge in [-0.25, -0.2) is 9.78 Å². The summed E-state index contributed by atoms with van der Waals surface area (Å²) in [7, 11) is 0. The lowest BCUT2D eigenvalue weighted by molar-refractivity contribution is -0.297. The van der Waals surface area contributed by atoms with Gasteiger partial charge in [-0.1, -0.05) is 52.9 Å². The zero-order valence-electron chi connectivity index (χ0n) is 11.8. The number of rotatable bonds is 9. The van der Waals surface area contributed by atoms with Crippen molar-refractivity contribution >= 4 is 22.0 Å². The monoisotopic (exact) mass is 326 g/mol. The molecule has 0 aliphatic heterocycles. The number of hydrogen-bond acceptors (Lipinski definition) is 2. The van der Waals surface area contributed by atoms with Gasteiger partial charge in [-0.05, 0) is 44.2 Å². The molecule has 2 nitrogen and oxygen atoms in total. The third-order valence-electron chi connectivity index (χ3n) is 2.64. The zero-order chi connectivity index (χ0) is 14.1. The van der Waals surface area contributed by atoms with Gasteiger partial charge in [-0.3, -0.25) is 0 Å². The Morgan fingerprint density at radius 3 is 2.42 bits per heavy atom. The summed E-state index contributed by atoms with van der Waals surface area (Å²) < 4.78 is -0.0279. The van der Waals surface area contributed by atoms with Gasteiger partial charge in [0.2, 0.25) is 0 Å². The third kappa shape index (κ3) is 8.19. The van der Waals surface area contributed by atoms with Gasteiger partial charge in [-0.15, -0.1) is 0 Å². The maximum Gasteiger partial charge on any atom is 0.0970 e. The Balaban J connectivity index is 2.05. The molecular weight excluding hydrogens is 304 g/mol. The molecule has 0 radical (unpaired) electrons. The van der Waals surface area contributed by atoms with Crippen LogP contribution in [0.2, 0.25) is 0 Å². The average Bonchev–Trinajstić information content (AvgIpc) is 2.37. The van der Waals surface area contributed by atoms with Gasteiger partial charge < -0.3 is 0 Å². The van der Waals surface area contributed by atoms with E-state index in [4.69, 9.17) is 9.78 Å². The van der Waals surface area contributed by atoms with E-state index in [1.807, 2.05) is 19.9 Å². The molecule has 1 aromatic carbocycles. The normalized spacial score (nSPS) is 11.5. The van der Waals surface area contributed by atoms with Crippen molar-refractivity contribution in [3.63, 3.8) is 0 Å². The van der Waals surface area contributed by atoms with Gasteiger partial charge >= 0.3 is 0 Å². The lowest BCUT2D eigenvalue weighted by Gasteiger charge is -2.14. The minimum absolute atomic E-state index is 0.0279. The van der Waals surface area contributed by atoms with Crippen molar-refractivity contribution in [2.75, 3.05) is 13.2 Å². The van der Waals surface area contributed by atoms with Gasteiger partial charge in [-0.2, -0.15) is 0 Å². The molecule has 3 heteroatoms. The minimum Gasteiger partial charge on any atom is -0.237 e. The predicted molar refractivity (Wildman–Crippen MR) is 84.4 cm³/mol. The van der Waals surface area contributed by atoms with Crippen LogP contribution < -0.4 is 0 Å². The lowest BCUT2D eigenvalue weighted by atomic mass is 10.1. The highest BCUT2D eigenvalue weighted by atomic mass is 79.9. The van der Waals surface area contributed by atoms with E-state index in [0.717, 1.165) is 24.8 Å². The molecule has 0 atom stereocenters. The number of aryl methyl sites for hydroxylation is 1. The molecule has 1 rings (SSSR count). The van der Waals surface area contributed by atoms with Crippen molar-refractivity contribution in [3.8, 4) is 0 Å². The topological polar surface area (TPSA) is 18.5 Å². The molecule has 0 amide bonds. The molecule has 0 aliphatic rings. The van der Waals surface area contributed by atoms with Crippen molar-refractivity contribution in [2.24, 2.45) is 0 Å². The first-order valence-electron chi connectivity index (χ1n) is 6.66. The molecule has 0 saturated carbocycles. The van der Waals surface area contributed by atoms with Crippen molar-refractivity contribution in [2.45, 2.75) is 37.4 Å². The largest absolute Gasteiger partial charge is 0.237 e. The summed E-state index contributed by atoms with van der Waals surface area (Å²) in [6, 6.07) is 8.50. The maximum absolute atomic E-state index is 5.14. The van der Waals surface area contributed by atoms with E-state index < -0.39 is 0 Å². The highest BCUT2D eigenvalue weighted by molar-refractivity contribution is 9.10. The SMILES string of the molecule is C=Cc1ccc(CCCCOOCC(C)(C)Br)cc1. The quantitative estimate of drug-likeness (QED) is 0.281. The molecule has 0 heterocycles. The van der Waals surface area contributed by atoms with Gasteiger partial charge in [0, 0.05) is 4.32 Å². The van der Waals surface area contributed by atoms with Crippen molar-refractivity contribution in [1.82, 2.24) is 0 Å². The second-order valence-electron chi connectivity index (χ2n) is 5.21. The Morgan fingerprint density at radius 2 is 1.84 bits per heavy atom. The van der Waals surface area contributed by atoms with Crippen LogP contribution in [0.5, 0.6) is 0 Å². The van der Waals surface area contributed by atoms with E-state index in [9.17, 15) is 0 Å². The van der Waals surface area contributed by atoms with Gasteiger partial charge in [0.1, 0.15) is 0 Å². The van der Waals surface area contributed by atoms with Crippen molar-refractivity contribution in [1.29, 1.82) is 0 Å². The van der Waals surface area contributed by atoms with Crippen molar-refractivity contribution < 1.29 is 9.78 Å². The summed E-state index contributed by atoms with van der Waals surface area (Å²) in [4.78, 5) is 10.3. The number of hydrogen-bond donors (Lipinski definition) is 0. The molecule has 0 saturated heterocycles. The number of alkyl halides is 1. The highest BCUT2D eigenvalue weighted by Gasteiger charge is 2.12. The van der Waals surface area contributed by atoms with Crippen LogP contribution in [0.15, 0.2) is 30.8 Å². The smallest absolute Gasteiger partial charge is 0.0970 e. The second-order valence-corrected chi connectivity index (χ2v) is 7.35. The summed E-state index contributed by atoms with van der Waals surface area (Å²) in [5, 5.41) is 0. The van der Waals surface area contributed by atoms with E-state index in [1.54, 1.807) is 0 Å². The maximum atomic E-state index is 5.14. The zero-order valence-corrected chi connectivity index (χ0v) is 13.4. The lowest BCUT2D eigenvalue weighted by Crippen LogP contribution is -2.18. The fraction of sp³-hybridized carbons (Fsp3) is 0.500. The standard InChI is InChI=1S/C16H23BrO2/c1-4-14-8-10-15(11-9-14)7-5-6-12-18-19-13-16(2,3)17/h4,8-11H,1,5-7,12-13H2,2-3H3. The molecular formula is C16H23BrO2. The van der Waals surface area contributed by atoms with Crippen molar-refractivity contribution in [3.05, 3.63) is 42.0 Å². The Bertz CT molecular complexity index is 365. The summed E-state index contributed by atoms with van der Waals surface area (Å²) in [6.45, 7) is 9.04. The molecule has 106 valence electrons. The van der Waals surface area contributed by atoms with E-state index in [-0.39, 0.29) is 4.32 Å². The first kappa shape index (κ1) is 16.4. The fourth-order valence-electron chi connectivity index (χ4n) is 1.55. The molecule has 0 aromatic heterocycles. The van der Waals surface area contributed by atoms with Gasteiger partial charge in [0.25, 0.3) is 0 Å². The van der Waals surface area contributed by atoms with E-state index >= 15 is 0 Å². The average molecular weight is 327 g/mol. The molecule has 0 spiro atoms. The molecule has 0 aliphatic carbocycles.